The zero-order valence-electron chi connectivity index (χ0n) is 11.8. The Hall–Kier alpha value is -3.01. The van der Waals surface area contributed by atoms with Crippen LogP contribution in [0.3, 0.4) is 0 Å². The maximum absolute atomic E-state index is 11.2. The van der Waals surface area contributed by atoms with E-state index in [9.17, 15) is 20.2 Å². The van der Waals surface area contributed by atoms with E-state index >= 15 is 0 Å². The first kappa shape index (κ1) is 14.9. The number of nitro groups is 2. The predicted octanol–water partition coefficient (Wildman–Crippen LogP) is 3.57. The minimum absolute atomic E-state index is 0.0824. The molecule has 0 amide bonds. The molecule has 3 aromatic rings. The maximum atomic E-state index is 11.2. The third kappa shape index (κ3) is 2.59. The van der Waals surface area contributed by atoms with Crippen LogP contribution in [0.25, 0.3) is 4.96 Å². The van der Waals surface area contributed by atoms with Crippen molar-refractivity contribution in [3.05, 3.63) is 55.6 Å². The molecule has 0 fully saturated rings. The van der Waals surface area contributed by atoms with Crippen molar-refractivity contribution >= 4 is 27.8 Å². The Bertz CT molecular complexity index is 916. The topological polar surface area (TPSA) is 113 Å². The molecular formula is C13H10N4O5S. The first-order valence-corrected chi connectivity index (χ1v) is 7.44. The fourth-order valence-electron chi connectivity index (χ4n) is 2.10. The summed E-state index contributed by atoms with van der Waals surface area (Å²) in [7, 11) is 0. The van der Waals surface area contributed by atoms with Crippen molar-refractivity contribution in [2.45, 2.75) is 13.3 Å². The summed E-state index contributed by atoms with van der Waals surface area (Å²) in [6.07, 6.45) is 2.12. The van der Waals surface area contributed by atoms with Gasteiger partial charge in [0.15, 0.2) is 0 Å². The zero-order chi connectivity index (χ0) is 16.6. The van der Waals surface area contributed by atoms with Gasteiger partial charge in [0.05, 0.1) is 4.92 Å². The predicted molar refractivity (Wildman–Crippen MR) is 82.3 cm³/mol. The summed E-state index contributed by atoms with van der Waals surface area (Å²) in [5.41, 5.74) is 0.513. The van der Waals surface area contributed by atoms with Crippen LogP contribution in [0.5, 0.6) is 11.6 Å². The molecule has 23 heavy (non-hydrogen) atoms. The summed E-state index contributed by atoms with van der Waals surface area (Å²) < 4.78 is 6.67. The number of ether oxygens (including phenoxy) is 1. The molecule has 0 unspecified atom stereocenters. The second-order valence-corrected chi connectivity index (χ2v) is 5.44. The van der Waals surface area contributed by atoms with E-state index in [0.29, 0.717) is 11.4 Å². The lowest BCUT2D eigenvalue weighted by Crippen LogP contribution is -1.98. The number of aryl methyl sites for hydroxylation is 1. The van der Waals surface area contributed by atoms with Gasteiger partial charge in [-0.3, -0.25) is 10.1 Å². The van der Waals surface area contributed by atoms with Crippen LogP contribution in [0.4, 0.5) is 11.5 Å². The van der Waals surface area contributed by atoms with Crippen LogP contribution in [-0.2, 0) is 6.42 Å². The molecule has 0 aliphatic heterocycles. The van der Waals surface area contributed by atoms with Crippen molar-refractivity contribution in [2.75, 3.05) is 0 Å². The average Bonchev–Trinajstić information content (AvgIpc) is 3.07. The van der Waals surface area contributed by atoms with Crippen LogP contribution in [0, 0.1) is 20.2 Å². The van der Waals surface area contributed by atoms with Crippen molar-refractivity contribution < 1.29 is 14.6 Å². The van der Waals surface area contributed by atoms with Crippen molar-refractivity contribution in [1.82, 2.24) is 9.38 Å². The smallest absolute Gasteiger partial charge is 0.393 e. The summed E-state index contributed by atoms with van der Waals surface area (Å²) >= 11 is 1.20. The number of aromatic nitrogens is 2. The molecule has 1 aromatic carbocycles. The van der Waals surface area contributed by atoms with Gasteiger partial charge in [-0.2, -0.15) is 9.38 Å². The van der Waals surface area contributed by atoms with E-state index < -0.39 is 9.85 Å². The molecule has 0 saturated carbocycles. The van der Waals surface area contributed by atoms with Gasteiger partial charge in [0.2, 0.25) is 5.75 Å². The number of nitro benzene ring substituents is 1. The highest BCUT2D eigenvalue weighted by molar-refractivity contribution is 7.15. The molecule has 0 aliphatic rings. The molecule has 0 bridgehead atoms. The second kappa shape index (κ2) is 5.65. The Morgan fingerprint density at radius 2 is 2.09 bits per heavy atom. The van der Waals surface area contributed by atoms with Gasteiger partial charge in [0.25, 0.3) is 4.96 Å². The SMILES string of the molecule is CCc1ccc(Oc2nc3sccn3c2[N+](=O)[O-])c([N+](=O)[O-])c1. The molecule has 3 rings (SSSR count). The van der Waals surface area contributed by atoms with Gasteiger partial charge >= 0.3 is 17.4 Å². The Balaban J connectivity index is 2.09. The zero-order valence-corrected chi connectivity index (χ0v) is 12.6. The van der Waals surface area contributed by atoms with E-state index in [1.165, 1.54) is 34.1 Å². The van der Waals surface area contributed by atoms with Crippen molar-refractivity contribution in [3.63, 3.8) is 0 Å². The Labute approximate surface area is 133 Å². The van der Waals surface area contributed by atoms with Gasteiger partial charge < -0.3 is 14.9 Å². The first-order valence-electron chi connectivity index (χ1n) is 6.56. The van der Waals surface area contributed by atoms with Gasteiger partial charge in [-0.05, 0) is 23.0 Å². The van der Waals surface area contributed by atoms with Gasteiger partial charge in [-0.15, -0.1) is 0 Å². The van der Waals surface area contributed by atoms with Crippen LogP contribution in [0.2, 0.25) is 0 Å². The number of imidazole rings is 1. The number of benzene rings is 1. The average molecular weight is 334 g/mol. The van der Waals surface area contributed by atoms with Gasteiger partial charge in [-0.1, -0.05) is 24.3 Å². The molecule has 0 N–H and O–H groups in total. The molecule has 10 heteroatoms. The molecule has 118 valence electrons. The maximum Gasteiger partial charge on any atom is 0.393 e. The quantitative estimate of drug-likeness (QED) is 0.520. The number of hydrogen-bond donors (Lipinski definition) is 0. The van der Waals surface area contributed by atoms with E-state index in [2.05, 4.69) is 4.98 Å². The van der Waals surface area contributed by atoms with Gasteiger partial charge in [-0.25, -0.2) is 0 Å². The minimum Gasteiger partial charge on any atom is -0.425 e. The monoisotopic (exact) mass is 334 g/mol. The highest BCUT2D eigenvalue weighted by Crippen LogP contribution is 2.37. The van der Waals surface area contributed by atoms with Crippen LogP contribution < -0.4 is 4.74 Å². The number of thiazole rings is 1. The van der Waals surface area contributed by atoms with Crippen LogP contribution in [0.15, 0.2) is 29.8 Å². The third-order valence-electron chi connectivity index (χ3n) is 3.21. The summed E-state index contributed by atoms with van der Waals surface area (Å²) in [5.74, 6) is -0.717. The van der Waals surface area contributed by atoms with Crippen molar-refractivity contribution in [1.29, 1.82) is 0 Å². The highest BCUT2D eigenvalue weighted by Gasteiger charge is 2.28. The Morgan fingerprint density at radius 3 is 2.74 bits per heavy atom. The summed E-state index contributed by atoms with van der Waals surface area (Å²) in [5, 5.41) is 24.1. The van der Waals surface area contributed by atoms with E-state index in [-0.39, 0.29) is 23.1 Å². The van der Waals surface area contributed by atoms with Crippen molar-refractivity contribution in [2.24, 2.45) is 0 Å². The van der Waals surface area contributed by atoms with E-state index in [1.807, 2.05) is 6.92 Å². The molecule has 0 radical (unpaired) electrons. The van der Waals surface area contributed by atoms with Crippen LogP contribution in [0.1, 0.15) is 12.5 Å². The molecule has 0 aliphatic carbocycles. The number of rotatable bonds is 5. The normalized spacial score (nSPS) is 10.8. The van der Waals surface area contributed by atoms with Gasteiger partial charge in [0, 0.05) is 11.4 Å². The second-order valence-electron chi connectivity index (χ2n) is 4.57. The molecule has 0 spiro atoms. The molecule has 2 heterocycles. The third-order valence-corrected chi connectivity index (χ3v) is 3.97. The molecule has 2 aromatic heterocycles. The molecule has 0 saturated heterocycles. The number of hydrogen-bond acceptors (Lipinski definition) is 7. The first-order chi connectivity index (χ1) is 11.0. The summed E-state index contributed by atoms with van der Waals surface area (Å²) in [6, 6.07) is 4.49. The Morgan fingerprint density at radius 1 is 1.30 bits per heavy atom. The number of fused-ring (bicyclic) bond motifs is 1. The van der Waals surface area contributed by atoms with E-state index in [4.69, 9.17) is 4.74 Å². The lowest BCUT2D eigenvalue weighted by Gasteiger charge is -2.05. The number of nitrogens with zero attached hydrogens (tertiary/aromatic N) is 4. The lowest BCUT2D eigenvalue weighted by molar-refractivity contribution is -0.391. The lowest BCUT2D eigenvalue weighted by atomic mass is 10.1. The van der Waals surface area contributed by atoms with Gasteiger partial charge in [0.1, 0.15) is 6.20 Å². The molecular weight excluding hydrogens is 324 g/mol. The summed E-state index contributed by atoms with van der Waals surface area (Å²) in [6.45, 7) is 1.87. The largest absolute Gasteiger partial charge is 0.425 e. The van der Waals surface area contributed by atoms with E-state index in [1.54, 1.807) is 11.4 Å². The molecule has 9 nitrogen and oxygen atoms in total. The summed E-state index contributed by atoms with van der Waals surface area (Å²) in [4.78, 5) is 25.6. The minimum atomic E-state index is -0.631. The van der Waals surface area contributed by atoms with Crippen LogP contribution >= 0.6 is 11.3 Å². The van der Waals surface area contributed by atoms with Crippen molar-refractivity contribution in [3.8, 4) is 11.6 Å². The van der Waals surface area contributed by atoms with Crippen LogP contribution in [-0.4, -0.2) is 19.2 Å². The fraction of sp³-hybridized carbons (Fsp3) is 0.154. The Kier molecular flexibility index (Phi) is 3.66. The van der Waals surface area contributed by atoms with E-state index in [0.717, 1.165) is 5.56 Å². The standard InChI is InChI=1S/C13H10N4O5S/c1-2-8-3-4-10(9(7-8)16(18)19)22-11-12(17(20)21)15-5-6-23-13(15)14-11/h3-7H,2H2,1H3. The molecule has 0 atom stereocenters. The highest BCUT2D eigenvalue weighted by atomic mass is 32.1. The fourth-order valence-corrected chi connectivity index (χ4v) is 2.81.